The largest absolute Gasteiger partial charge is 0.391 e. The fraction of sp³-hybridized carbons (Fsp3) is 0.333. The van der Waals surface area contributed by atoms with Crippen molar-refractivity contribution in [3.63, 3.8) is 0 Å². The van der Waals surface area contributed by atoms with Gasteiger partial charge in [0.05, 0.1) is 12.7 Å². The maximum absolute atomic E-state index is 5.89. The van der Waals surface area contributed by atoms with Gasteiger partial charge < -0.3 is 4.90 Å². The molecule has 0 aliphatic rings. The van der Waals surface area contributed by atoms with Gasteiger partial charge >= 0.3 is 5.95 Å². The Morgan fingerprint density at radius 1 is 1.26 bits per heavy atom. The van der Waals surface area contributed by atoms with E-state index in [2.05, 4.69) is 40.2 Å². The molecule has 4 heteroatoms. The molecule has 1 heterocycles. The summed E-state index contributed by atoms with van der Waals surface area (Å²) in [6.45, 7) is 2.95. The minimum absolute atomic E-state index is 0.543. The van der Waals surface area contributed by atoms with E-state index in [9.17, 15) is 0 Å². The number of hydrogen-bond acceptors (Lipinski definition) is 3. The number of likely N-dealkylation sites (N-methyl/N-ethyl adjacent to an activating group) is 1. The van der Waals surface area contributed by atoms with Crippen LogP contribution in [0.5, 0.6) is 0 Å². The maximum Gasteiger partial charge on any atom is 0.391 e. The van der Waals surface area contributed by atoms with E-state index in [4.69, 9.17) is 5.73 Å². The fourth-order valence-electron chi connectivity index (χ4n) is 1.94. The van der Waals surface area contributed by atoms with Crippen LogP contribution in [0.2, 0.25) is 0 Å². The van der Waals surface area contributed by atoms with Gasteiger partial charge in [0.15, 0.2) is 0 Å². The molecule has 0 fully saturated rings. The monoisotopic (exact) mass is 257 g/mol. The first-order valence-corrected chi connectivity index (χ1v) is 6.46. The zero-order valence-electron chi connectivity index (χ0n) is 11.8. The highest BCUT2D eigenvalue weighted by Crippen LogP contribution is 2.11. The van der Waals surface area contributed by atoms with Crippen LogP contribution in [0.3, 0.4) is 0 Å². The molecule has 0 saturated heterocycles. The lowest BCUT2D eigenvalue weighted by Gasteiger charge is -2.16. The third-order valence-electron chi connectivity index (χ3n) is 3.41. The number of nitrogen functional groups attached to an aromatic ring is 1. The second kappa shape index (κ2) is 5.69. The summed E-state index contributed by atoms with van der Waals surface area (Å²) >= 11 is 0. The van der Waals surface area contributed by atoms with Crippen LogP contribution in [0.4, 0.5) is 11.8 Å². The number of aryl methyl sites for hydroxylation is 1. The maximum atomic E-state index is 5.89. The molecule has 0 amide bonds. The summed E-state index contributed by atoms with van der Waals surface area (Å²) in [5, 5.41) is 0. The first kappa shape index (κ1) is 13.3. The van der Waals surface area contributed by atoms with Gasteiger partial charge in [-0.2, -0.15) is 0 Å². The molecule has 0 unspecified atom stereocenters. The van der Waals surface area contributed by atoms with E-state index >= 15 is 0 Å². The molecule has 1 aromatic heterocycles. The van der Waals surface area contributed by atoms with Gasteiger partial charge in [0, 0.05) is 19.7 Å². The Morgan fingerprint density at radius 3 is 2.58 bits per heavy atom. The summed E-state index contributed by atoms with van der Waals surface area (Å²) in [5.74, 6) is 1.46. The number of nitrogens with zero attached hydrogens (tertiary/aromatic N) is 3. The van der Waals surface area contributed by atoms with E-state index in [1.165, 1.54) is 5.56 Å². The van der Waals surface area contributed by atoms with Crippen molar-refractivity contribution in [1.82, 2.24) is 4.98 Å². The second-order valence-electron chi connectivity index (χ2n) is 4.83. The molecular formula is C15H21N4+. The van der Waals surface area contributed by atoms with Gasteiger partial charge in [-0.3, -0.25) is 5.73 Å². The lowest BCUT2D eigenvalue weighted by molar-refractivity contribution is -0.665. The van der Waals surface area contributed by atoms with Crippen LogP contribution >= 0.6 is 0 Å². The van der Waals surface area contributed by atoms with Crippen molar-refractivity contribution in [2.45, 2.75) is 13.3 Å². The lowest BCUT2D eigenvalue weighted by atomic mass is 10.1. The number of anilines is 2. The number of aromatic nitrogens is 2. The van der Waals surface area contributed by atoms with Gasteiger partial charge in [-0.05, 0) is 18.9 Å². The average Bonchev–Trinajstić information content (AvgIpc) is 2.42. The standard InChI is InChI=1S/C15H20N4/c1-12-11-14(17-15(16)19(12)3)18(2)10-9-13-7-5-4-6-8-13/h4-8,11,16H,9-10H2,1-3H3/p+1. The fourth-order valence-corrected chi connectivity index (χ4v) is 1.94. The Bertz CT molecular complexity index is 528. The molecule has 4 nitrogen and oxygen atoms in total. The number of rotatable bonds is 4. The predicted octanol–water partition coefficient (Wildman–Crippen LogP) is 1.48. The highest BCUT2D eigenvalue weighted by molar-refractivity contribution is 5.40. The van der Waals surface area contributed by atoms with Crippen LogP contribution < -0.4 is 15.2 Å². The topological polar surface area (TPSA) is 46.0 Å². The van der Waals surface area contributed by atoms with E-state index in [-0.39, 0.29) is 0 Å². The smallest absolute Gasteiger partial charge is 0.346 e. The Kier molecular flexibility index (Phi) is 4.00. The van der Waals surface area contributed by atoms with Gasteiger partial charge in [-0.15, -0.1) is 0 Å². The van der Waals surface area contributed by atoms with Crippen LogP contribution in [-0.2, 0) is 13.5 Å². The van der Waals surface area contributed by atoms with Gasteiger partial charge in [0.25, 0.3) is 0 Å². The number of nitrogens with two attached hydrogens (primary N) is 1. The van der Waals surface area contributed by atoms with Crippen LogP contribution in [0.25, 0.3) is 0 Å². The molecule has 0 spiro atoms. The van der Waals surface area contributed by atoms with Crippen LogP contribution in [-0.4, -0.2) is 18.6 Å². The zero-order chi connectivity index (χ0) is 13.8. The summed E-state index contributed by atoms with van der Waals surface area (Å²) in [5.41, 5.74) is 8.33. The summed E-state index contributed by atoms with van der Waals surface area (Å²) < 4.78 is 1.88. The van der Waals surface area contributed by atoms with Crippen molar-refractivity contribution in [3.8, 4) is 0 Å². The summed E-state index contributed by atoms with van der Waals surface area (Å²) in [7, 11) is 3.97. The molecule has 0 bridgehead atoms. The third kappa shape index (κ3) is 3.22. The molecule has 0 aliphatic carbocycles. The van der Waals surface area contributed by atoms with Crippen LogP contribution in [0.15, 0.2) is 36.4 Å². The lowest BCUT2D eigenvalue weighted by Crippen LogP contribution is -2.38. The molecule has 0 atom stereocenters. The quantitative estimate of drug-likeness (QED) is 0.844. The number of benzene rings is 1. The Labute approximate surface area is 114 Å². The van der Waals surface area contributed by atoms with Crippen molar-refractivity contribution >= 4 is 11.8 Å². The van der Waals surface area contributed by atoms with Crippen LogP contribution in [0, 0.1) is 6.92 Å². The first-order valence-electron chi connectivity index (χ1n) is 6.46. The molecule has 2 rings (SSSR count). The molecule has 2 N–H and O–H groups in total. The normalized spacial score (nSPS) is 10.5. The SMILES string of the molecule is Cc1cc(N(C)CCc2ccccc2)nc(N)[n+]1C. The first-order chi connectivity index (χ1) is 9.08. The summed E-state index contributed by atoms with van der Waals surface area (Å²) in [6.07, 6.45) is 0.999. The van der Waals surface area contributed by atoms with Crippen molar-refractivity contribution in [2.24, 2.45) is 7.05 Å². The highest BCUT2D eigenvalue weighted by Gasteiger charge is 2.13. The average molecular weight is 257 g/mol. The van der Waals surface area contributed by atoms with E-state index < -0.39 is 0 Å². The summed E-state index contributed by atoms with van der Waals surface area (Å²) in [4.78, 5) is 6.55. The Morgan fingerprint density at radius 2 is 1.95 bits per heavy atom. The Balaban J connectivity index is 2.06. The molecule has 2 aromatic rings. The second-order valence-corrected chi connectivity index (χ2v) is 4.83. The molecule has 19 heavy (non-hydrogen) atoms. The Hall–Kier alpha value is -2.10. The van der Waals surface area contributed by atoms with Crippen molar-refractivity contribution in [3.05, 3.63) is 47.7 Å². The van der Waals surface area contributed by atoms with Gasteiger partial charge in [0.1, 0.15) is 0 Å². The molecule has 0 aliphatic heterocycles. The minimum atomic E-state index is 0.543. The number of hydrogen-bond donors (Lipinski definition) is 1. The molecular weight excluding hydrogens is 236 g/mol. The molecule has 1 aromatic carbocycles. The van der Waals surface area contributed by atoms with Gasteiger partial charge in [-0.1, -0.05) is 35.3 Å². The highest BCUT2D eigenvalue weighted by atomic mass is 15.2. The van der Waals surface area contributed by atoms with E-state index in [1.54, 1.807) is 0 Å². The zero-order valence-corrected chi connectivity index (χ0v) is 11.8. The molecule has 0 radical (unpaired) electrons. The molecule has 100 valence electrons. The van der Waals surface area contributed by atoms with Crippen LogP contribution in [0.1, 0.15) is 11.3 Å². The molecule has 0 saturated carbocycles. The minimum Gasteiger partial charge on any atom is -0.346 e. The van der Waals surface area contributed by atoms with Crippen molar-refractivity contribution in [1.29, 1.82) is 0 Å². The van der Waals surface area contributed by atoms with Gasteiger partial charge in [0.2, 0.25) is 5.82 Å². The van der Waals surface area contributed by atoms with Crippen molar-refractivity contribution in [2.75, 3.05) is 24.2 Å². The van der Waals surface area contributed by atoms with E-state index in [0.29, 0.717) is 5.95 Å². The van der Waals surface area contributed by atoms with E-state index in [0.717, 1.165) is 24.5 Å². The summed E-state index contributed by atoms with van der Waals surface area (Å²) in [6, 6.07) is 12.5. The van der Waals surface area contributed by atoms with E-state index in [1.807, 2.05) is 31.7 Å². The van der Waals surface area contributed by atoms with Gasteiger partial charge in [-0.25, -0.2) is 4.57 Å². The van der Waals surface area contributed by atoms with Crippen molar-refractivity contribution < 1.29 is 4.57 Å². The predicted molar refractivity (Wildman–Crippen MR) is 78.0 cm³/mol. The third-order valence-corrected chi connectivity index (χ3v) is 3.41.